The van der Waals surface area contributed by atoms with Crippen LogP contribution in [0, 0.1) is 71.0 Å². The predicted molar refractivity (Wildman–Crippen MR) is 378 cm³/mol. The van der Waals surface area contributed by atoms with E-state index in [1.807, 2.05) is 102 Å². The summed E-state index contributed by atoms with van der Waals surface area (Å²) in [6.45, 7) is 40.4. The van der Waals surface area contributed by atoms with Gasteiger partial charge in [0.15, 0.2) is 41.1 Å². The van der Waals surface area contributed by atoms with E-state index in [1.165, 1.54) is 30.2 Å². The van der Waals surface area contributed by atoms with Crippen molar-refractivity contribution in [1.82, 2.24) is 29.0 Å². The number of cyclic esters (lactones) is 2. The van der Waals surface area contributed by atoms with Crippen LogP contribution in [0.3, 0.4) is 0 Å². The normalized spacial score (nSPS) is 36.1. The molecule has 1 N–H and O–H groups in total. The largest absolute Gasteiger partial charge is 0.457 e. The van der Waals surface area contributed by atoms with E-state index in [4.69, 9.17) is 37.9 Å². The number of ketones is 4. The van der Waals surface area contributed by atoms with Gasteiger partial charge < -0.3 is 52.5 Å². The van der Waals surface area contributed by atoms with Gasteiger partial charge in [-0.1, -0.05) is 104 Å². The van der Waals surface area contributed by atoms with Crippen molar-refractivity contribution in [2.75, 3.05) is 6.54 Å². The summed E-state index contributed by atoms with van der Waals surface area (Å²) in [6, 6.07) is 3.16. The van der Waals surface area contributed by atoms with E-state index in [-0.39, 0.29) is 66.4 Å². The molecule has 0 aliphatic carbocycles. The number of aryl methyl sites for hydroxylation is 1. The molecule has 4 saturated heterocycles. The molecule has 0 spiro atoms. The van der Waals surface area contributed by atoms with Gasteiger partial charge in [0.2, 0.25) is 0 Å². The van der Waals surface area contributed by atoms with E-state index in [0.717, 1.165) is 29.8 Å². The minimum atomic E-state index is -1.47. The van der Waals surface area contributed by atoms with Crippen molar-refractivity contribution in [3.8, 4) is 11.3 Å². The average molecular weight is 1410 g/mol. The smallest absolute Gasteiger partial charge is 0.420 e. The van der Waals surface area contributed by atoms with Crippen molar-refractivity contribution in [3.05, 3.63) is 66.9 Å². The van der Waals surface area contributed by atoms with Gasteiger partial charge in [0.1, 0.15) is 42.3 Å². The third-order valence-corrected chi connectivity index (χ3v) is 22.7. The number of pyridine rings is 1. The van der Waals surface area contributed by atoms with Crippen molar-refractivity contribution in [2.24, 2.45) is 64.1 Å². The molecule has 2 unspecified atom stereocenters. The number of Topliss-reactive ketones (excluding diaryl/α,β-unsaturated/α-hetero) is 4. The Morgan fingerprint density at radius 2 is 1.25 bits per heavy atom. The molecule has 0 saturated carbocycles. The Hall–Kier alpha value is -6.53. The highest BCUT2D eigenvalue weighted by Gasteiger charge is 2.60. The molecular formula is C78H118N6O17. The lowest BCUT2D eigenvalue weighted by Gasteiger charge is -2.45. The molecule has 0 radical (unpaired) electrons. The van der Waals surface area contributed by atoms with E-state index < -0.39 is 131 Å². The van der Waals surface area contributed by atoms with Crippen LogP contribution in [0.4, 0.5) is 9.59 Å². The van der Waals surface area contributed by atoms with Crippen LogP contribution < -0.4 is 0 Å². The fraction of sp³-hybridized carbons (Fsp3) is 0.731. The number of allylic oxidation sites excluding steroid dienone is 1. The average Bonchev–Trinajstić information content (AvgIpc) is 1.50. The number of aliphatic hydroxyl groups excluding tert-OH is 1. The van der Waals surface area contributed by atoms with Crippen molar-refractivity contribution in [3.63, 3.8) is 0 Å². The summed E-state index contributed by atoms with van der Waals surface area (Å²) < 4.78 is 53.3. The number of aromatic nitrogens is 5. The van der Waals surface area contributed by atoms with Crippen LogP contribution in [0.2, 0.25) is 0 Å². The molecular weight excluding hydrogens is 1290 g/mol. The minimum absolute atomic E-state index is 0.00343. The highest BCUT2D eigenvalue weighted by molar-refractivity contribution is 6.01. The first-order valence-corrected chi connectivity index (χ1v) is 37.1. The van der Waals surface area contributed by atoms with Crippen molar-refractivity contribution in [2.45, 2.75) is 295 Å². The Morgan fingerprint density at radius 3 is 1.80 bits per heavy atom. The lowest BCUT2D eigenvalue weighted by Crippen LogP contribution is -2.56. The number of esters is 2. The number of unbranched alkanes of at least 4 members (excludes halogenated alkanes) is 1. The van der Waals surface area contributed by atoms with E-state index in [2.05, 4.69) is 33.4 Å². The van der Waals surface area contributed by atoms with Crippen molar-refractivity contribution >= 4 is 47.3 Å². The summed E-state index contributed by atoms with van der Waals surface area (Å²) in [7, 11) is 0. The standard InChI is InChI=1S/C43H64N4O9.C35H54N2O8/c1-11-34-43(12-2)33(47(41(52)56-43)19-14-13-18-46-24-45-35(30(46)8)31-16-15-17-44-23-31)21-32(48)26(4)22-42(9,10)38(28(6)37(50)29(7)39(51)54-34)55-40-36(49)25(3)20-27(5)53-40;1-12-27-35(13-2,45-33(41)37-15-14-36-19-37)18-22(5)28(38)21(4)17-34(10,11)30(25(8)29(39)26(9)31(40)43-27)44-32-24(7)20(3)16-23(6)42-32/h15-17,23-29,33-34,36,38,40,49H,11-14,18-22H2,1-10H3;14-15,18-21,23-27,30,32H,12-13,16-17H2,1-11H3/b;22-18+/t25-,26+,27+,28-,29+,33+,34+,36+,38+,40?,43-;20-,21+,23+,24+,25-,26+,27+,30+,32?,35-/m00/s1. The maximum absolute atomic E-state index is 14.4. The van der Waals surface area contributed by atoms with Crippen LogP contribution in [0.5, 0.6) is 0 Å². The van der Waals surface area contributed by atoms with Crippen molar-refractivity contribution in [1.29, 1.82) is 0 Å². The Morgan fingerprint density at radius 1 is 0.683 bits per heavy atom. The zero-order valence-corrected chi connectivity index (χ0v) is 64.0. The number of ether oxygens (including phenoxy) is 8. The zero-order valence-electron chi connectivity index (χ0n) is 64.0. The monoisotopic (exact) mass is 1410 g/mol. The second-order valence-electron chi connectivity index (χ2n) is 31.4. The maximum Gasteiger partial charge on any atom is 0.420 e. The van der Waals surface area contributed by atoms with Crippen LogP contribution in [0.25, 0.3) is 11.3 Å². The number of nitrogens with zero attached hydrogens (tertiary/aromatic N) is 6. The highest BCUT2D eigenvalue weighted by Crippen LogP contribution is 2.46. The molecule has 5 aliphatic rings. The fourth-order valence-electron chi connectivity index (χ4n) is 16.5. The van der Waals surface area contributed by atoms with Crippen LogP contribution in [-0.2, 0) is 73.2 Å². The first-order chi connectivity index (χ1) is 47.4. The molecule has 23 heteroatoms. The number of hydrogen-bond acceptors (Lipinski definition) is 20. The number of rotatable bonds is 15. The van der Waals surface area contributed by atoms with Gasteiger partial charge in [-0.25, -0.2) is 24.1 Å². The van der Waals surface area contributed by atoms with E-state index in [0.29, 0.717) is 63.1 Å². The molecule has 1 amide bonds. The molecule has 8 rings (SSSR count). The highest BCUT2D eigenvalue weighted by atomic mass is 16.7. The third-order valence-electron chi connectivity index (χ3n) is 22.7. The molecule has 21 atom stereocenters. The lowest BCUT2D eigenvalue weighted by molar-refractivity contribution is -0.284. The molecule has 0 bridgehead atoms. The number of amides is 1. The summed E-state index contributed by atoms with van der Waals surface area (Å²) in [4.78, 5) is 126. The van der Waals surface area contributed by atoms with E-state index in [1.54, 1.807) is 64.9 Å². The van der Waals surface area contributed by atoms with Gasteiger partial charge in [-0.15, -0.1) is 0 Å². The molecule has 4 fully saturated rings. The first kappa shape index (κ1) is 81.8. The van der Waals surface area contributed by atoms with Crippen LogP contribution >= 0.6 is 0 Å². The Labute approximate surface area is 599 Å². The maximum atomic E-state index is 14.4. The third kappa shape index (κ3) is 18.5. The van der Waals surface area contributed by atoms with E-state index in [9.17, 15) is 43.5 Å². The SMILES string of the molecule is CC[C@H]1OC(=O)[C@H](C)C(=O)[C@H](C)[C@@H](OC2O[C@H](C)C[C@H](C)[C@H]2C)C(C)(C)C[C@@H](C)C(=O)/C(C)=C/[C@]1(CC)OC(=O)n1ccnc1.CC[C@H]1OC(=O)[C@H](C)C(=O)[C@H](C)[C@@H](OC2O[C@H](C)C[C@H](C)[C@H]2O)C(C)(C)C[C@@H](C)C(=O)C[C@H]2N(CCCCn3cnc(-c4cccnc4)c3C)C(=O)O[C@]12CC. The second kappa shape index (κ2) is 34.4. The summed E-state index contributed by atoms with van der Waals surface area (Å²) in [5.41, 5.74) is -0.963. The summed E-state index contributed by atoms with van der Waals surface area (Å²) in [5, 5.41) is 11.1. The van der Waals surface area contributed by atoms with Crippen LogP contribution in [0.15, 0.2) is 61.2 Å². The molecule has 3 aromatic rings. The fourth-order valence-corrected chi connectivity index (χ4v) is 16.5. The number of fused-ring (bicyclic) bond motifs is 1. The van der Waals surface area contributed by atoms with Crippen LogP contribution in [-0.4, -0.2) is 160 Å². The molecule has 562 valence electrons. The quantitative estimate of drug-likeness (QED) is 0.0640. The number of imidazole rings is 2. The van der Waals surface area contributed by atoms with Gasteiger partial charge in [-0.2, -0.15) is 0 Å². The Bertz CT molecular complexity index is 3370. The molecule has 101 heavy (non-hydrogen) atoms. The van der Waals surface area contributed by atoms with Gasteiger partial charge in [-0.05, 0) is 152 Å². The Balaban J connectivity index is 0.000000291. The minimum Gasteiger partial charge on any atom is -0.457 e. The molecule has 23 nitrogen and oxygen atoms in total. The summed E-state index contributed by atoms with van der Waals surface area (Å²) >= 11 is 0. The van der Waals surface area contributed by atoms with Gasteiger partial charge >= 0.3 is 24.1 Å². The van der Waals surface area contributed by atoms with Crippen molar-refractivity contribution < 1.29 is 81.4 Å². The number of aliphatic hydroxyl groups is 1. The lowest BCUT2D eigenvalue weighted by atomic mass is 9.70. The van der Waals surface area contributed by atoms with Gasteiger partial charge in [-0.3, -0.25) is 33.8 Å². The number of carbonyl (C=O) groups excluding carboxylic acids is 8. The summed E-state index contributed by atoms with van der Waals surface area (Å²) in [6.07, 6.45) is 8.84. The number of hydrogen-bond donors (Lipinski definition) is 1. The first-order valence-electron chi connectivity index (χ1n) is 37.1. The predicted octanol–water partition coefficient (Wildman–Crippen LogP) is 13.3. The molecule has 3 aromatic heterocycles. The molecule has 8 heterocycles. The van der Waals surface area contributed by atoms with Gasteiger partial charge in [0.25, 0.3) is 0 Å². The topological polar surface area (TPSA) is 282 Å². The number of carbonyl (C=O) groups is 8. The molecule has 5 aliphatic heterocycles. The van der Waals surface area contributed by atoms with Crippen LogP contribution in [0.1, 0.15) is 215 Å². The molecule has 0 aromatic carbocycles. The summed E-state index contributed by atoms with van der Waals surface area (Å²) in [5.74, 6) is -6.67. The van der Waals surface area contributed by atoms with Gasteiger partial charge in [0, 0.05) is 85.1 Å². The Kier molecular flexibility index (Phi) is 27.8. The van der Waals surface area contributed by atoms with E-state index >= 15 is 0 Å². The second-order valence-corrected chi connectivity index (χ2v) is 31.4. The zero-order chi connectivity index (χ0) is 75.0. The van der Waals surface area contributed by atoms with Gasteiger partial charge in [0.05, 0.1) is 42.5 Å².